The van der Waals surface area contributed by atoms with Crippen LogP contribution in [0.2, 0.25) is 0 Å². The normalized spacial score (nSPS) is 30.9. The Labute approximate surface area is 127 Å². The van der Waals surface area contributed by atoms with Crippen LogP contribution in [0.1, 0.15) is 6.23 Å². The van der Waals surface area contributed by atoms with Crippen molar-refractivity contribution in [2.24, 2.45) is 0 Å². The molecule has 1 unspecified atom stereocenters. The van der Waals surface area contributed by atoms with Crippen molar-refractivity contribution in [3.63, 3.8) is 0 Å². The summed E-state index contributed by atoms with van der Waals surface area (Å²) in [5, 5.41) is 19.2. The summed E-state index contributed by atoms with van der Waals surface area (Å²) in [4.78, 5) is 22.5. The molecule has 1 fully saturated rings. The maximum atomic E-state index is 13.4. The summed E-state index contributed by atoms with van der Waals surface area (Å²) >= 11 is 6.14. The van der Waals surface area contributed by atoms with Crippen LogP contribution >= 0.6 is 11.6 Å². The van der Waals surface area contributed by atoms with Gasteiger partial charge >= 0.3 is 5.69 Å². The van der Waals surface area contributed by atoms with Crippen molar-refractivity contribution in [2.75, 3.05) is 13.3 Å². The molecule has 0 radical (unpaired) electrons. The molecule has 120 valence electrons. The molecule has 1 saturated heterocycles. The van der Waals surface area contributed by atoms with E-state index in [0.717, 1.165) is 0 Å². The van der Waals surface area contributed by atoms with Crippen LogP contribution in [0.25, 0.3) is 0 Å². The van der Waals surface area contributed by atoms with Gasteiger partial charge in [0, 0.05) is 0 Å². The number of halogens is 3. The summed E-state index contributed by atoms with van der Waals surface area (Å²) in [7, 11) is 0. The van der Waals surface area contributed by atoms with Crippen LogP contribution in [0.4, 0.5) is 8.78 Å². The third-order valence-corrected chi connectivity index (χ3v) is 3.65. The Hall–Kier alpha value is -1.73. The molecule has 3 N–H and O–H groups in total. The van der Waals surface area contributed by atoms with E-state index in [-0.39, 0.29) is 0 Å². The Kier molecular flexibility index (Phi) is 4.67. The van der Waals surface area contributed by atoms with Gasteiger partial charge in [0.2, 0.25) is 5.82 Å². The molecule has 0 saturated carbocycles. The average Bonchev–Trinajstić information content (AvgIpc) is 2.73. The minimum Gasteiger partial charge on any atom is -0.394 e. The number of aromatic amines is 1. The Morgan fingerprint density at radius 1 is 1.55 bits per heavy atom. The van der Waals surface area contributed by atoms with Gasteiger partial charge in [0.15, 0.2) is 11.1 Å². The second-order valence-corrected chi connectivity index (χ2v) is 5.13. The molecule has 4 atom stereocenters. The first-order valence-corrected chi connectivity index (χ1v) is 6.43. The fourth-order valence-corrected chi connectivity index (χ4v) is 2.47. The number of aliphatic hydroxyl groups is 2. The largest absolute Gasteiger partial charge is 0.394 e. The number of rotatable bonds is 2. The van der Waals surface area contributed by atoms with Crippen LogP contribution in [-0.4, -0.2) is 50.1 Å². The van der Waals surface area contributed by atoms with Crippen LogP contribution in [0.3, 0.4) is 0 Å². The molecule has 1 aliphatic heterocycles. The van der Waals surface area contributed by atoms with Gasteiger partial charge in [-0.2, -0.15) is 4.39 Å². The summed E-state index contributed by atoms with van der Waals surface area (Å²) in [5.74, 6) is 2.92. The zero-order chi connectivity index (χ0) is 16.5. The maximum absolute atomic E-state index is 13.4. The number of hydrogen-bond acceptors (Lipinski definition) is 5. The van der Waals surface area contributed by atoms with Crippen LogP contribution < -0.4 is 11.2 Å². The topological polar surface area (TPSA) is 105 Å². The van der Waals surface area contributed by atoms with Crippen LogP contribution in [-0.2, 0) is 4.74 Å². The molecule has 2 rings (SSSR count). The van der Waals surface area contributed by atoms with Gasteiger partial charge in [-0.15, -0.1) is 0 Å². The van der Waals surface area contributed by atoms with Crippen molar-refractivity contribution in [1.82, 2.24) is 9.55 Å². The van der Waals surface area contributed by atoms with Crippen molar-refractivity contribution < 1.29 is 23.7 Å². The molecule has 1 aromatic rings. The highest BCUT2D eigenvalue weighted by atomic mass is 35.5. The van der Waals surface area contributed by atoms with Gasteiger partial charge in [-0.05, 0) is 0 Å². The number of aliphatic hydroxyl groups excluding tert-OH is 2. The van der Waals surface area contributed by atoms with E-state index in [9.17, 15) is 23.5 Å². The third-order valence-electron chi connectivity index (χ3n) is 3.15. The minimum atomic E-state index is -2.01. The zero-order valence-corrected chi connectivity index (χ0v) is 11.7. The van der Waals surface area contributed by atoms with Gasteiger partial charge in [0.25, 0.3) is 5.56 Å². The first-order valence-electron chi connectivity index (χ1n) is 6.05. The number of aromatic nitrogens is 2. The van der Waals surface area contributed by atoms with Crippen molar-refractivity contribution in [3.05, 3.63) is 32.9 Å². The molecule has 10 heteroatoms. The highest BCUT2D eigenvalue weighted by molar-refractivity contribution is 6.27. The Morgan fingerprint density at radius 3 is 2.82 bits per heavy atom. The fourth-order valence-electron chi connectivity index (χ4n) is 2.11. The summed E-state index contributed by atoms with van der Waals surface area (Å²) < 4.78 is 31.4. The Bertz CT molecular complexity index is 740. The van der Waals surface area contributed by atoms with E-state index in [0.29, 0.717) is 10.8 Å². The molecular weight excluding hydrogens is 326 g/mol. The molecular formula is C12H11ClF2N2O5. The van der Waals surface area contributed by atoms with E-state index < -0.39 is 53.7 Å². The molecule has 1 aromatic heterocycles. The molecule has 0 aliphatic carbocycles. The summed E-state index contributed by atoms with van der Waals surface area (Å²) in [5.41, 5.74) is -2.30. The first kappa shape index (κ1) is 16.6. The summed E-state index contributed by atoms with van der Waals surface area (Å²) in [6.45, 7) is -1.74. The van der Waals surface area contributed by atoms with Gasteiger partial charge in [0.05, 0.1) is 12.8 Å². The van der Waals surface area contributed by atoms with Gasteiger partial charge in [-0.25, -0.2) is 9.18 Å². The summed E-state index contributed by atoms with van der Waals surface area (Å²) in [6.07, 6.45) is -3.81. The van der Waals surface area contributed by atoms with Gasteiger partial charge in [-0.1, -0.05) is 23.4 Å². The predicted octanol–water partition coefficient (Wildman–Crippen LogP) is -1.12. The van der Waals surface area contributed by atoms with E-state index in [1.807, 2.05) is 5.92 Å². The first-order chi connectivity index (χ1) is 10.3. The average molecular weight is 337 g/mol. The lowest BCUT2D eigenvalue weighted by Crippen LogP contribution is -2.44. The van der Waals surface area contributed by atoms with Gasteiger partial charge in [-0.3, -0.25) is 14.3 Å². The third kappa shape index (κ3) is 2.66. The molecule has 7 nitrogen and oxygen atoms in total. The quantitative estimate of drug-likeness (QED) is 0.468. The number of nitrogens with one attached hydrogen (secondary N) is 1. The number of ether oxygens (including phenoxy) is 1. The monoisotopic (exact) mass is 336 g/mol. The fraction of sp³-hybridized carbons (Fsp3) is 0.500. The minimum absolute atomic E-state index is 0.534. The molecule has 1 aliphatic rings. The van der Waals surface area contributed by atoms with Crippen LogP contribution in [0.5, 0.6) is 0 Å². The second kappa shape index (κ2) is 6.18. The van der Waals surface area contributed by atoms with E-state index in [1.165, 1.54) is 0 Å². The van der Waals surface area contributed by atoms with E-state index in [1.54, 1.807) is 4.98 Å². The zero-order valence-electron chi connectivity index (χ0n) is 10.9. The number of alkyl halides is 2. The highest BCUT2D eigenvalue weighted by Gasteiger charge is 2.55. The smallest absolute Gasteiger partial charge is 0.330 e. The second-order valence-electron chi connectivity index (χ2n) is 4.50. The van der Waals surface area contributed by atoms with Crippen molar-refractivity contribution in [2.45, 2.75) is 23.3 Å². The SMILES string of the molecule is O=c1[nH]c(=O)n([C@@H]2O[C@H](CO)C(O)[C@]2(Cl)C#CCF)cc1F. The molecule has 2 heterocycles. The van der Waals surface area contributed by atoms with Crippen LogP contribution in [0.15, 0.2) is 15.8 Å². The van der Waals surface area contributed by atoms with Crippen molar-refractivity contribution in [1.29, 1.82) is 0 Å². The van der Waals surface area contributed by atoms with E-state index in [2.05, 4.69) is 5.92 Å². The van der Waals surface area contributed by atoms with E-state index >= 15 is 0 Å². The molecule has 22 heavy (non-hydrogen) atoms. The van der Waals surface area contributed by atoms with Gasteiger partial charge < -0.3 is 14.9 Å². The molecule has 0 aromatic carbocycles. The van der Waals surface area contributed by atoms with Gasteiger partial charge in [0.1, 0.15) is 18.9 Å². The molecule has 0 spiro atoms. The maximum Gasteiger partial charge on any atom is 0.330 e. The lowest BCUT2D eigenvalue weighted by atomic mass is 9.99. The lowest BCUT2D eigenvalue weighted by Gasteiger charge is -2.25. The summed E-state index contributed by atoms with van der Waals surface area (Å²) in [6, 6.07) is 0. The van der Waals surface area contributed by atoms with E-state index in [4.69, 9.17) is 21.4 Å². The number of nitrogens with zero attached hydrogens (tertiary/aromatic N) is 1. The lowest BCUT2D eigenvalue weighted by molar-refractivity contribution is -0.0467. The van der Waals surface area contributed by atoms with Crippen molar-refractivity contribution in [3.8, 4) is 11.8 Å². The van der Waals surface area contributed by atoms with Crippen LogP contribution in [0, 0.1) is 17.7 Å². The standard InChI is InChI=1S/C12H11ClF2N2O5/c13-12(2-1-3-14)8(19)7(5-18)22-10(12)17-4-6(15)9(20)16-11(17)21/h4,7-8,10,18-19H,3,5H2,(H,16,20,21)/t7-,8?,10-,12-/m1/s1. The molecule has 0 bridgehead atoms. The Balaban J connectivity index is 2.59. The highest BCUT2D eigenvalue weighted by Crippen LogP contribution is 2.42. The Morgan fingerprint density at radius 2 is 2.23 bits per heavy atom. The number of H-pyrrole nitrogens is 1. The number of hydrogen-bond donors (Lipinski definition) is 3. The van der Waals surface area contributed by atoms with Crippen molar-refractivity contribution >= 4 is 11.6 Å². The predicted molar refractivity (Wildman–Crippen MR) is 70.6 cm³/mol. The molecule has 0 amide bonds.